The molecule has 0 saturated heterocycles. The highest BCUT2D eigenvalue weighted by Gasteiger charge is 2.14. The van der Waals surface area contributed by atoms with Gasteiger partial charge in [0.25, 0.3) is 0 Å². The van der Waals surface area contributed by atoms with Gasteiger partial charge in [-0.3, -0.25) is 4.79 Å². The second kappa shape index (κ2) is 5.76. The highest BCUT2D eigenvalue weighted by molar-refractivity contribution is 5.96. The van der Waals surface area contributed by atoms with E-state index in [0.29, 0.717) is 12.1 Å². The first-order valence-corrected chi connectivity index (χ1v) is 6.76. The maximum atomic E-state index is 12.1. The largest absolute Gasteiger partial charge is 0.345 e. The molecular weight excluding hydrogens is 264 g/mol. The molecule has 5 heteroatoms. The Kier molecular flexibility index (Phi) is 3.66. The number of carbonyl (C=O) groups is 1. The summed E-state index contributed by atoms with van der Waals surface area (Å²) in [5.41, 5.74) is 9.45. The zero-order valence-corrected chi connectivity index (χ0v) is 11.4. The molecule has 1 atom stereocenters. The van der Waals surface area contributed by atoms with Gasteiger partial charge in [0.1, 0.15) is 0 Å². The van der Waals surface area contributed by atoms with E-state index in [2.05, 4.69) is 15.3 Å². The van der Waals surface area contributed by atoms with Crippen LogP contribution in [0.15, 0.2) is 54.9 Å². The first kappa shape index (κ1) is 13.3. The second-order valence-electron chi connectivity index (χ2n) is 4.92. The lowest BCUT2D eigenvalue weighted by Crippen LogP contribution is -2.37. The summed E-state index contributed by atoms with van der Waals surface area (Å²) in [5, 5.41) is 2.83. The van der Waals surface area contributed by atoms with E-state index >= 15 is 0 Å². The Labute approximate surface area is 122 Å². The third-order valence-electron chi connectivity index (χ3n) is 3.32. The molecule has 0 aliphatic rings. The number of anilines is 1. The summed E-state index contributed by atoms with van der Waals surface area (Å²) >= 11 is 0. The fourth-order valence-electron chi connectivity index (χ4n) is 2.21. The number of imidazole rings is 1. The highest BCUT2D eigenvalue weighted by Crippen LogP contribution is 2.16. The van der Waals surface area contributed by atoms with Gasteiger partial charge in [-0.1, -0.05) is 30.3 Å². The Morgan fingerprint density at radius 3 is 2.86 bits per heavy atom. The Bertz CT molecular complexity index is 751. The molecule has 0 unspecified atom stereocenters. The number of rotatable bonds is 4. The van der Waals surface area contributed by atoms with Crippen molar-refractivity contribution in [3.8, 4) is 0 Å². The van der Waals surface area contributed by atoms with Crippen molar-refractivity contribution < 1.29 is 4.79 Å². The van der Waals surface area contributed by atoms with E-state index in [1.807, 2.05) is 48.5 Å². The molecule has 106 valence electrons. The van der Waals surface area contributed by atoms with E-state index < -0.39 is 6.04 Å². The molecule has 1 heterocycles. The van der Waals surface area contributed by atoms with E-state index in [1.165, 1.54) is 0 Å². The number of nitrogens with zero attached hydrogens (tertiary/aromatic N) is 1. The second-order valence-corrected chi connectivity index (χ2v) is 4.92. The SMILES string of the molecule is N[C@@H](Cc1ccccc1)C(=O)Nc1ccc2nc[nH]c2c1. The minimum atomic E-state index is -0.579. The van der Waals surface area contributed by atoms with E-state index in [0.717, 1.165) is 16.6 Å². The van der Waals surface area contributed by atoms with Crippen molar-refractivity contribution in [3.63, 3.8) is 0 Å². The Morgan fingerprint density at radius 1 is 1.24 bits per heavy atom. The topological polar surface area (TPSA) is 83.8 Å². The van der Waals surface area contributed by atoms with Gasteiger partial charge in [0, 0.05) is 5.69 Å². The van der Waals surface area contributed by atoms with Crippen LogP contribution in [0.5, 0.6) is 0 Å². The molecule has 0 saturated carbocycles. The van der Waals surface area contributed by atoms with Crippen molar-refractivity contribution in [1.29, 1.82) is 0 Å². The number of nitrogens with one attached hydrogen (secondary N) is 2. The molecule has 0 bridgehead atoms. The van der Waals surface area contributed by atoms with Crippen LogP contribution in [-0.2, 0) is 11.2 Å². The lowest BCUT2D eigenvalue weighted by atomic mass is 10.1. The molecule has 2 aromatic carbocycles. The fourth-order valence-corrected chi connectivity index (χ4v) is 2.21. The van der Waals surface area contributed by atoms with Gasteiger partial charge in [0.05, 0.1) is 23.4 Å². The molecule has 0 aliphatic heterocycles. The summed E-state index contributed by atoms with van der Waals surface area (Å²) in [7, 11) is 0. The van der Waals surface area contributed by atoms with Crippen molar-refractivity contribution in [2.24, 2.45) is 5.73 Å². The number of aromatic nitrogens is 2. The summed E-state index contributed by atoms with van der Waals surface area (Å²) in [4.78, 5) is 19.3. The van der Waals surface area contributed by atoms with Crippen molar-refractivity contribution in [1.82, 2.24) is 9.97 Å². The molecule has 0 aliphatic carbocycles. The van der Waals surface area contributed by atoms with Gasteiger partial charge in [-0.25, -0.2) is 4.98 Å². The summed E-state index contributed by atoms with van der Waals surface area (Å²) in [6.07, 6.45) is 2.14. The first-order valence-electron chi connectivity index (χ1n) is 6.76. The van der Waals surface area contributed by atoms with Crippen molar-refractivity contribution in [3.05, 3.63) is 60.4 Å². The Hall–Kier alpha value is -2.66. The predicted molar refractivity (Wildman–Crippen MR) is 82.8 cm³/mol. The first-order chi connectivity index (χ1) is 10.2. The molecule has 1 amide bonds. The number of fused-ring (bicyclic) bond motifs is 1. The number of H-pyrrole nitrogens is 1. The zero-order valence-electron chi connectivity index (χ0n) is 11.4. The number of amides is 1. The minimum absolute atomic E-state index is 0.197. The maximum absolute atomic E-state index is 12.1. The molecule has 0 radical (unpaired) electrons. The number of hydrogen-bond donors (Lipinski definition) is 3. The lowest BCUT2D eigenvalue weighted by molar-refractivity contribution is -0.117. The molecular formula is C16H16N4O. The summed E-state index contributed by atoms with van der Waals surface area (Å²) < 4.78 is 0. The van der Waals surface area contributed by atoms with Gasteiger partial charge < -0.3 is 16.0 Å². The van der Waals surface area contributed by atoms with Crippen molar-refractivity contribution in [2.45, 2.75) is 12.5 Å². The van der Waals surface area contributed by atoms with Crippen LogP contribution in [0.1, 0.15) is 5.56 Å². The fraction of sp³-hybridized carbons (Fsp3) is 0.125. The van der Waals surface area contributed by atoms with E-state index in [-0.39, 0.29) is 5.91 Å². The average molecular weight is 280 g/mol. The normalized spacial score (nSPS) is 12.2. The maximum Gasteiger partial charge on any atom is 0.241 e. The number of nitrogens with two attached hydrogens (primary N) is 1. The van der Waals surface area contributed by atoms with E-state index in [1.54, 1.807) is 6.33 Å². The lowest BCUT2D eigenvalue weighted by Gasteiger charge is -2.12. The molecule has 5 nitrogen and oxygen atoms in total. The molecule has 3 aromatic rings. The summed E-state index contributed by atoms with van der Waals surface area (Å²) in [6.45, 7) is 0. The minimum Gasteiger partial charge on any atom is -0.345 e. The van der Waals surface area contributed by atoms with Gasteiger partial charge in [0.15, 0.2) is 0 Å². The third kappa shape index (κ3) is 3.09. The van der Waals surface area contributed by atoms with Crippen LogP contribution >= 0.6 is 0 Å². The van der Waals surface area contributed by atoms with Crippen LogP contribution in [0, 0.1) is 0 Å². The number of carbonyl (C=O) groups excluding carboxylic acids is 1. The van der Waals surface area contributed by atoms with Crippen molar-refractivity contribution >= 4 is 22.6 Å². The summed E-state index contributed by atoms with van der Waals surface area (Å²) in [6, 6.07) is 14.7. The van der Waals surface area contributed by atoms with Crippen LogP contribution < -0.4 is 11.1 Å². The van der Waals surface area contributed by atoms with Gasteiger partial charge in [0.2, 0.25) is 5.91 Å². The average Bonchev–Trinajstić information content (AvgIpc) is 2.95. The quantitative estimate of drug-likeness (QED) is 0.684. The number of hydrogen-bond acceptors (Lipinski definition) is 3. The Morgan fingerprint density at radius 2 is 2.05 bits per heavy atom. The van der Waals surface area contributed by atoms with Crippen LogP contribution in [-0.4, -0.2) is 21.9 Å². The highest BCUT2D eigenvalue weighted by atomic mass is 16.2. The molecule has 0 spiro atoms. The summed E-state index contributed by atoms with van der Waals surface area (Å²) in [5.74, 6) is -0.197. The number of benzene rings is 2. The van der Waals surface area contributed by atoms with Crippen LogP contribution in [0.4, 0.5) is 5.69 Å². The molecule has 0 fully saturated rings. The smallest absolute Gasteiger partial charge is 0.241 e. The zero-order chi connectivity index (χ0) is 14.7. The van der Waals surface area contributed by atoms with Gasteiger partial charge in [-0.05, 0) is 30.2 Å². The van der Waals surface area contributed by atoms with Gasteiger partial charge in [-0.2, -0.15) is 0 Å². The molecule has 3 rings (SSSR count). The van der Waals surface area contributed by atoms with Crippen LogP contribution in [0.25, 0.3) is 11.0 Å². The molecule has 21 heavy (non-hydrogen) atoms. The van der Waals surface area contributed by atoms with Crippen molar-refractivity contribution in [2.75, 3.05) is 5.32 Å². The van der Waals surface area contributed by atoms with Crippen LogP contribution in [0.3, 0.4) is 0 Å². The van der Waals surface area contributed by atoms with Crippen LogP contribution in [0.2, 0.25) is 0 Å². The van der Waals surface area contributed by atoms with Gasteiger partial charge in [-0.15, -0.1) is 0 Å². The monoisotopic (exact) mass is 280 g/mol. The number of aromatic amines is 1. The molecule has 4 N–H and O–H groups in total. The van der Waals surface area contributed by atoms with E-state index in [9.17, 15) is 4.79 Å². The van der Waals surface area contributed by atoms with E-state index in [4.69, 9.17) is 5.73 Å². The standard InChI is InChI=1S/C16H16N4O/c17-13(8-11-4-2-1-3-5-11)16(21)20-12-6-7-14-15(9-12)19-10-18-14/h1-7,9-10,13H,8,17H2,(H,18,19)(H,20,21)/t13-/m0/s1. The van der Waals surface area contributed by atoms with Gasteiger partial charge >= 0.3 is 0 Å². The Balaban J connectivity index is 1.67. The predicted octanol–water partition coefficient (Wildman–Crippen LogP) is 2.07. The third-order valence-corrected chi connectivity index (χ3v) is 3.32. The molecule has 1 aromatic heterocycles.